The third-order valence-electron chi connectivity index (χ3n) is 2.33. The van der Waals surface area contributed by atoms with Crippen LogP contribution in [-0.4, -0.2) is 0 Å². The van der Waals surface area contributed by atoms with Crippen LogP contribution in [0.5, 0.6) is 0 Å². The van der Waals surface area contributed by atoms with Gasteiger partial charge in [0.2, 0.25) is 0 Å². The molecule has 0 radical (unpaired) electrons. The first-order valence-corrected chi connectivity index (χ1v) is 4.66. The number of hydrogen-bond acceptors (Lipinski definition) is 0. The Morgan fingerprint density at radius 1 is 1.08 bits per heavy atom. The zero-order chi connectivity index (χ0) is 9.40. The Morgan fingerprint density at radius 3 is 2.00 bits per heavy atom. The second-order valence-electron chi connectivity index (χ2n) is 3.07. The average Bonchev–Trinajstić information content (AvgIpc) is 2.12. The molecule has 0 aromatic rings. The molecule has 0 rings (SSSR count). The van der Waals surface area contributed by atoms with E-state index in [4.69, 9.17) is 0 Å². The van der Waals surface area contributed by atoms with E-state index in [0.717, 1.165) is 19.3 Å². The number of rotatable bonds is 7. The van der Waals surface area contributed by atoms with E-state index >= 15 is 0 Å². The van der Waals surface area contributed by atoms with Crippen molar-refractivity contribution in [1.82, 2.24) is 0 Å². The average molecular weight is 164 g/mol. The monoisotopic (exact) mass is 164 g/mol. The predicted octanol–water partition coefficient (Wildman–Crippen LogP) is 3.97. The van der Waals surface area contributed by atoms with E-state index in [0.29, 0.717) is 11.8 Å². The molecule has 0 aliphatic rings. The molecule has 2 unspecified atom stereocenters. The van der Waals surface area contributed by atoms with Gasteiger partial charge >= 0.3 is 0 Å². The van der Waals surface area contributed by atoms with E-state index < -0.39 is 0 Å². The Kier molecular flexibility index (Phi) is 6.45. The second-order valence-corrected chi connectivity index (χ2v) is 3.07. The minimum absolute atomic E-state index is 0.575. The summed E-state index contributed by atoms with van der Waals surface area (Å²) >= 11 is 0. The van der Waals surface area contributed by atoms with Gasteiger partial charge in [0.15, 0.2) is 0 Å². The molecule has 0 heteroatoms. The van der Waals surface area contributed by atoms with Crippen LogP contribution in [0.4, 0.5) is 0 Å². The second kappa shape index (κ2) is 6.90. The molecule has 0 bridgehead atoms. The van der Waals surface area contributed by atoms with E-state index in [9.17, 15) is 0 Å². The highest BCUT2D eigenvalue weighted by Gasteiger charge is 2.11. The van der Waals surface area contributed by atoms with Gasteiger partial charge in [0.05, 0.1) is 0 Å². The van der Waals surface area contributed by atoms with Crippen molar-refractivity contribution < 1.29 is 0 Å². The van der Waals surface area contributed by atoms with Gasteiger partial charge in [-0.25, -0.2) is 0 Å². The molecule has 0 aliphatic heterocycles. The Bertz CT molecular complexity index is 144. The lowest BCUT2D eigenvalue weighted by Gasteiger charge is -2.18. The van der Waals surface area contributed by atoms with Crippen molar-refractivity contribution in [2.24, 2.45) is 11.8 Å². The molecule has 0 fully saturated rings. The fraction of sp³-hybridized carbons (Fsp3) is 0.500. The minimum atomic E-state index is 0.575. The first kappa shape index (κ1) is 11.2. The fourth-order valence-corrected chi connectivity index (χ4v) is 1.46. The van der Waals surface area contributed by atoms with Crippen molar-refractivity contribution in [3.8, 4) is 0 Å². The van der Waals surface area contributed by atoms with Crippen LogP contribution in [0.3, 0.4) is 0 Å². The van der Waals surface area contributed by atoms with Crippen LogP contribution < -0.4 is 0 Å². The van der Waals surface area contributed by atoms with Crippen LogP contribution in [-0.2, 0) is 0 Å². The maximum atomic E-state index is 3.85. The molecule has 0 heterocycles. The third-order valence-corrected chi connectivity index (χ3v) is 2.33. The molecule has 0 saturated heterocycles. The lowest BCUT2D eigenvalue weighted by Crippen LogP contribution is -2.08. The minimum Gasteiger partial charge on any atom is -0.103 e. The maximum Gasteiger partial charge on any atom is -0.0170 e. The van der Waals surface area contributed by atoms with Crippen LogP contribution in [0.25, 0.3) is 0 Å². The largest absolute Gasteiger partial charge is 0.103 e. The van der Waals surface area contributed by atoms with Crippen LogP contribution >= 0.6 is 0 Å². The molecule has 0 aliphatic carbocycles. The van der Waals surface area contributed by atoms with E-state index in [-0.39, 0.29) is 0 Å². The Labute approximate surface area is 76.7 Å². The van der Waals surface area contributed by atoms with Crippen molar-refractivity contribution >= 4 is 0 Å². The highest BCUT2D eigenvalue weighted by atomic mass is 14.2. The summed E-state index contributed by atoms with van der Waals surface area (Å²) in [6.45, 7) is 13.6. The predicted molar refractivity (Wildman–Crippen MR) is 57.1 cm³/mol. The summed E-state index contributed by atoms with van der Waals surface area (Å²) in [4.78, 5) is 0. The van der Waals surface area contributed by atoms with Crippen LogP contribution in [0.2, 0.25) is 0 Å². The van der Waals surface area contributed by atoms with E-state index in [2.05, 4.69) is 26.7 Å². The summed E-state index contributed by atoms with van der Waals surface area (Å²) in [5.41, 5.74) is 0. The van der Waals surface area contributed by atoms with Crippen LogP contribution in [0, 0.1) is 11.8 Å². The smallest absolute Gasteiger partial charge is 0.0170 e. The van der Waals surface area contributed by atoms with Gasteiger partial charge in [-0.05, 0) is 31.1 Å². The Balaban J connectivity index is 4.00. The van der Waals surface area contributed by atoms with Crippen molar-refractivity contribution in [3.05, 3.63) is 38.0 Å². The summed E-state index contributed by atoms with van der Waals surface area (Å²) in [6.07, 6.45) is 9.41. The summed E-state index contributed by atoms with van der Waals surface area (Å²) < 4.78 is 0. The van der Waals surface area contributed by atoms with Crippen LogP contribution in [0.1, 0.15) is 26.2 Å². The first-order valence-electron chi connectivity index (χ1n) is 4.66. The topological polar surface area (TPSA) is 0 Å². The van der Waals surface area contributed by atoms with Gasteiger partial charge in [0.1, 0.15) is 0 Å². The van der Waals surface area contributed by atoms with Gasteiger partial charge in [0.25, 0.3) is 0 Å². The zero-order valence-corrected chi connectivity index (χ0v) is 8.13. The SMILES string of the molecule is C=CCCC(C=C)C(C=C)CC. The molecule has 0 saturated carbocycles. The molecule has 68 valence electrons. The Morgan fingerprint density at radius 2 is 1.67 bits per heavy atom. The molecule has 0 spiro atoms. The summed E-state index contributed by atoms with van der Waals surface area (Å²) in [5, 5.41) is 0. The van der Waals surface area contributed by atoms with E-state index in [1.165, 1.54) is 0 Å². The molecule has 0 nitrogen and oxygen atoms in total. The van der Waals surface area contributed by atoms with Gasteiger partial charge in [-0.3, -0.25) is 0 Å². The van der Waals surface area contributed by atoms with Crippen molar-refractivity contribution in [3.63, 3.8) is 0 Å². The molecule has 0 amide bonds. The molecule has 12 heavy (non-hydrogen) atoms. The molecule has 0 N–H and O–H groups in total. The fourth-order valence-electron chi connectivity index (χ4n) is 1.46. The zero-order valence-electron chi connectivity index (χ0n) is 8.13. The lowest BCUT2D eigenvalue weighted by atomic mass is 9.87. The summed E-state index contributed by atoms with van der Waals surface area (Å²) in [6, 6.07) is 0. The lowest BCUT2D eigenvalue weighted by molar-refractivity contribution is 0.438. The quantitative estimate of drug-likeness (QED) is 0.499. The Hall–Kier alpha value is -0.780. The maximum absolute atomic E-state index is 3.85. The molecular formula is C12H20. The van der Waals surface area contributed by atoms with E-state index in [1.54, 1.807) is 0 Å². The van der Waals surface area contributed by atoms with E-state index in [1.807, 2.05) is 18.2 Å². The van der Waals surface area contributed by atoms with Gasteiger partial charge in [-0.2, -0.15) is 0 Å². The van der Waals surface area contributed by atoms with Gasteiger partial charge in [-0.15, -0.1) is 19.7 Å². The van der Waals surface area contributed by atoms with Crippen molar-refractivity contribution in [1.29, 1.82) is 0 Å². The van der Waals surface area contributed by atoms with Gasteiger partial charge in [-0.1, -0.05) is 25.2 Å². The normalized spacial score (nSPS) is 14.8. The van der Waals surface area contributed by atoms with Gasteiger partial charge < -0.3 is 0 Å². The van der Waals surface area contributed by atoms with Gasteiger partial charge in [0, 0.05) is 0 Å². The highest BCUT2D eigenvalue weighted by Crippen LogP contribution is 2.22. The number of hydrogen-bond donors (Lipinski definition) is 0. The van der Waals surface area contributed by atoms with Crippen molar-refractivity contribution in [2.75, 3.05) is 0 Å². The molecule has 0 aromatic carbocycles. The van der Waals surface area contributed by atoms with Crippen molar-refractivity contribution in [2.45, 2.75) is 26.2 Å². The highest BCUT2D eigenvalue weighted by molar-refractivity contribution is 4.93. The number of allylic oxidation sites excluding steroid dienone is 3. The molecular weight excluding hydrogens is 144 g/mol. The summed E-state index contributed by atoms with van der Waals surface area (Å²) in [5.74, 6) is 1.16. The summed E-state index contributed by atoms with van der Waals surface area (Å²) in [7, 11) is 0. The third kappa shape index (κ3) is 3.56. The first-order chi connectivity index (χ1) is 5.79. The standard InChI is InChI=1S/C12H20/c1-5-9-10-12(8-4)11(6-2)7-3/h5-6,8,11-12H,1-2,4,7,9-10H2,3H3. The van der Waals surface area contributed by atoms with Crippen LogP contribution in [0.15, 0.2) is 38.0 Å². The molecule has 2 atom stereocenters. The molecule has 0 aromatic heterocycles.